The lowest BCUT2D eigenvalue weighted by molar-refractivity contribution is -0.120. The van der Waals surface area contributed by atoms with Crippen LogP contribution in [0.15, 0.2) is 0 Å². The van der Waals surface area contributed by atoms with Gasteiger partial charge in [-0.2, -0.15) is 0 Å². The standard InChI is InChI=1S/C8H14O2S/c1-4-7(9)6(3)8(11)10-5-2/h6H,4-5H2,1-3H3. The average Bonchev–Trinajstić information content (AvgIpc) is 2.02. The van der Waals surface area contributed by atoms with E-state index in [1.54, 1.807) is 6.92 Å². The molecule has 64 valence electrons. The van der Waals surface area contributed by atoms with Gasteiger partial charge in [0, 0.05) is 6.42 Å². The molecule has 0 bridgehead atoms. The van der Waals surface area contributed by atoms with Gasteiger partial charge in [-0.25, -0.2) is 0 Å². The highest BCUT2D eigenvalue weighted by molar-refractivity contribution is 7.80. The molecular formula is C8H14O2S. The molecule has 0 saturated carbocycles. The number of ether oxygens (including phenoxy) is 1. The van der Waals surface area contributed by atoms with E-state index in [0.717, 1.165) is 0 Å². The van der Waals surface area contributed by atoms with Crippen molar-refractivity contribution in [2.75, 3.05) is 6.61 Å². The molecule has 1 atom stereocenters. The Hall–Kier alpha value is -0.440. The maximum Gasteiger partial charge on any atom is 0.169 e. The molecule has 0 aromatic rings. The third-order valence-corrected chi connectivity index (χ3v) is 1.94. The summed E-state index contributed by atoms with van der Waals surface area (Å²) in [5, 5.41) is 0.416. The van der Waals surface area contributed by atoms with Crippen molar-refractivity contribution >= 4 is 23.1 Å². The molecule has 0 fully saturated rings. The van der Waals surface area contributed by atoms with Crippen LogP contribution in [0, 0.1) is 5.92 Å². The Kier molecular flexibility index (Phi) is 5.03. The molecule has 0 heterocycles. The van der Waals surface area contributed by atoms with Gasteiger partial charge < -0.3 is 4.74 Å². The van der Waals surface area contributed by atoms with Gasteiger partial charge in [-0.15, -0.1) is 0 Å². The molecule has 2 nitrogen and oxygen atoms in total. The van der Waals surface area contributed by atoms with Crippen molar-refractivity contribution in [1.29, 1.82) is 0 Å². The van der Waals surface area contributed by atoms with E-state index in [4.69, 9.17) is 17.0 Å². The van der Waals surface area contributed by atoms with Crippen molar-refractivity contribution in [2.45, 2.75) is 27.2 Å². The monoisotopic (exact) mass is 174 g/mol. The second-order valence-electron chi connectivity index (χ2n) is 2.29. The van der Waals surface area contributed by atoms with E-state index in [0.29, 0.717) is 18.1 Å². The largest absolute Gasteiger partial charge is 0.487 e. The number of carbonyl (C=O) groups excluding carboxylic acids is 1. The van der Waals surface area contributed by atoms with E-state index < -0.39 is 0 Å². The summed E-state index contributed by atoms with van der Waals surface area (Å²) < 4.78 is 5.04. The quantitative estimate of drug-likeness (QED) is 0.609. The molecular weight excluding hydrogens is 160 g/mol. The zero-order valence-corrected chi connectivity index (χ0v) is 8.03. The molecule has 3 heteroatoms. The Bertz CT molecular complexity index is 154. The molecule has 0 radical (unpaired) electrons. The second kappa shape index (κ2) is 5.24. The van der Waals surface area contributed by atoms with Crippen molar-refractivity contribution in [3.63, 3.8) is 0 Å². The minimum atomic E-state index is -0.227. The van der Waals surface area contributed by atoms with Crippen molar-refractivity contribution in [3.05, 3.63) is 0 Å². The summed E-state index contributed by atoms with van der Waals surface area (Å²) in [5.41, 5.74) is 0. The lowest BCUT2D eigenvalue weighted by Gasteiger charge is -2.10. The summed E-state index contributed by atoms with van der Waals surface area (Å²) in [5.74, 6) is -0.0848. The van der Waals surface area contributed by atoms with Gasteiger partial charge >= 0.3 is 0 Å². The fraction of sp³-hybridized carbons (Fsp3) is 0.750. The Labute approximate surface area is 72.9 Å². The van der Waals surface area contributed by atoms with Gasteiger partial charge in [0.1, 0.15) is 5.78 Å². The lowest BCUT2D eigenvalue weighted by atomic mass is 10.1. The lowest BCUT2D eigenvalue weighted by Crippen LogP contribution is -2.20. The van der Waals surface area contributed by atoms with Crippen LogP contribution in [0.2, 0.25) is 0 Å². The van der Waals surface area contributed by atoms with Crippen molar-refractivity contribution in [3.8, 4) is 0 Å². The summed E-state index contributed by atoms with van der Waals surface area (Å²) in [7, 11) is 0. The highest BCUT2D eigenvalue weighted by atomic mass is 32.1. The number of hydrogen-bond acceptors (Lipinski definition) is 3. The molecule has 0 aliphatic carbocycles. The molecule has 1 unspecified atom stereocenters. The van der Waals surface area contributed by atoms with Crippen molar-refractivity contribution < 1.29 is 9.53 Å². The van der Waals surface area contributed by atoms with E-state index in [2.05, 4.69) is 0 Å². The number of hydrogen-bond donors (Lipinski definition) is 0. The van der Waals surface area contributed by atoms with E-state index >= 15 is 0 Å². The maximum atomic E-state index is 11.1. The fourth-order valence-corrected chi connectivity index (χ4v) is 0.954. The minimum absolute atomic E-state index is 0.142. The van der Waals surface area contributed by atoms with Gasteiger partial charge in [0.15, 0.2) is 5.05 Å². The van der Waals surface area contributed by atoms with Crippen LogP contribution < -0.4 is 0 Å². The molecule has 0 N–H and O–H groups in total. The summed E-state index contributed by atoms with van der Waals surface area (Å²) in [4.78, 5) is 11.1. The van der Waals surface area contributed by atoms with E-state index in [1.807, 2.05) is 13.8 Å². The number of rotatable bonds is 4. The highest BCUT2D eigenvalue weighted by Crippen LogP contribution is 2.04. The summed E-state index contributed by atoms with van der Waals surface area (Å²) in [6, 6.07) is 0. The predicted molar refractivity (Wildman–Crippen MR) is 48.7 cm³/mol. The van der Waals surface area contributed by atoms with Crippen molar-refractivity contribution in [1.82, 2.24) is 0 Å². The Morgan fingerprint density at radius 2 is 2.09 bits per heavy atom. The molecule has 0 aliphatic heterocycles. The number of ketones is 1. The van der Waals surface area contributed by atoms with Crippen LogP contribution in [0.1, 0.15) is 27.2 Å². The van der Waals surface area contributed by atoms with Gasteiger partial charge in [-0.3, -0.25) is 4.79 Å². The summed E-state index contributed by atoms with van der Waals surface area (Å²) in [6.45, 7) is 6.01. The fourth-order valence-electron chi connectivity index (χ4n) is 0.705. The molecule has 0 rings (SSSR count). The van der Waals surface area contributed by atoms with Gasteiger partial charge in [0.25, 0.3) is 0 Å². The average molecular weight is 174 g/mol. The van der Waals surface area contributed by atoms with Crippen LogP contribution in [0.25, 0.3) is 0 Å². The molecule has 0 saturated heterocycles. The molecule has 11 heavy (non-hydrogen) atoms. The summed E-state index contributed by atoms with van der Waals surface area (Å²) in [6.07, 6.45) is 0.522. The minimum Gasteiger partial charge on any atom is -0.487 e. The summed E-state index contributed by atoms with van der Waals surface area (Å²) >= 11 is 4.88. The first-order chi connectivity index (χ1) is 5.13. The Balaban J connectivity index is 3.91. The van der Waals surface area contributed by atoms with Crippen LogP contribution in [0.5, 0.6) is 0 Å². The van der Waals surface area contributed by atoms with Crippen LogP contribution in [-0.4, -0.2) is 17.4 Å². The highest BCUT2D eigenvalue weighted by Gasteiger charge is 2.16. The number of Topliss-reactive ketones (excluding diaryl/α,β-unsaturated/α-hetero) is 1. The van der Waals surface area contributed by atoms with Crippen molar-refractivity contribution in [2.24, 2.45) is 5.92 Å². The second-order valence-corrected chi connectivity index (χ2v) is 2.70. The zero-order valence-electron chi connectivity index (χ0n) is 7.22. The number of carbonyl (C=O) groups is 1. The topological polar surface area (TPSA) is 26.3 Å². The smallest absolute Gasteiger partial charge is 0.169 e. The van der Waals surface area contributed by atoms with Gasteiger partial charge in [-0.1, -0.05) is 6.92 Å². The predicted octanol–water partition coefficient (Wildman–Crippen LogP) is 1.97. The Morgan fingerprint density at radius 1 is 1.55 bits per heavy atom. The van der Waals surface area contributed by atoms with Crippen LogP contribution in [-0.2, 0) is 9.53 Å². The first-order valence-electron chi connectivity index (χ1n) is 3.82. The van der Waals surface area contributed by atoms with Crippen LogP contribution in [0.3, 0.4) is 0 Å². The van der Waals surface area contributed by atoms with E-state index in [-0.39, 0.29) is 11.7 Å². The third kappa shape index (κ3) is 3.46. The van der Waals surface area contributed by atoms with Gasteiger partial charge in [0.05, 0.1) is 12.5 Å². The zero-order chi connectivity index (χ0) is 8.85. The molecule has 0 aromatic heterocycles. The van der Waals surface area contributed by atoms with Gasteiger partial charge in [0.2, 0.25) is 0 Å². The molecule has 0 aromatic carbocycles. The van der Waals surface area contributed by atoms with Crippen LogP contribution >= 0.6 is 12.2 Å². The van der Waals surface area contributed by atoms with Gasteiger partial charge in [-0.05, 0) is 26.1 Å². The normalized spacial score (nSPS) is 12.3. The Morgan fingerprint density at radius 3 is 2.45 bits per heavy atom. The van der Waals surface area contributed by atoms with E-state index in [9.17, 15) is 4.79 Å². The maximum absolute atomic E-state index is 11.1. The first-order valence-corrected chi connectivity index (χ1v) is 4.23. The van der Waals surface area contributed by atoms with Crippen LogP contribution in [0.4, 0.5) is 0 Å². The number of thiocarbonyl (C=S) groups is 1. The first kappa shape index (κ1) is 10.6. The van der Waals surface area contributed by atoms with E-state index in [1.165, 1.54) is 0 Å². The molecule has 0 amide bonds. The SMILES string of the molecule is CCOC(=S)C(C)C(=O)CC. The molecule has 0 aliphatic rings. The third-order valence-electron chi connectivity index (χ3n) is 1.47. The molecule has 0 spiro atoms.